The van der Waals surface area contributed by atoms with Crippen LogP contribution < -0.4 is 10.1 Å². The van der Waals surface area contributed by atoms with Crippen LogP contribution in [0, 0.1) is 5.92 Å². The maximum Gasteiger partial charge on any atom is 0.322 e. The van der Waals surface area contributed by atoms with E-state index in [1.165, 1.54) is 29.1 Å². The van der Waals surface area contributed by atoms with Gasteiger partial charge in [-0.05, 0) is 54.2 Å². The molecule has 186 valence electrons. The lowest BCUT2D eigenvalue weighted by molar-refractivity contribution is -0.121. The van der Waals surface area contributed by atoms with Crippen LogP contribution in [0.2, 0.25) is 0 Å². The molecule has 0 aliphatic carbocycles. The molecule has 0 spiro atoms. The van der Waals surface area contributed by atoms with Gasteiger partial charge < -0.3 is 9.15 Å². The van der Waals surface area contributed by atoms with Crippen LogP contribution in [0.25, 0.3) is 0 Å². The number of ether oxygens (including phenoxy) is 1. The van der Waals surface area contributed by atoms with Crippen molar-refractivity contribution < 1.29 is 22.4 Å². The Hall–Kier alpha value is -3.24. The maximum absolute atomic E-state index is 13.1. The van der Waals surface area contributed by atoms with Crippen molar-refractivity contribution in [2.45, 2.75) is 43.9 Å². The lowest BCUT2D eigenvalue weighted by Gasteiger charge is -2.30. The molecule has 1 N–H and O–H groups in total. The van der Waals surface area contributed by atoms with Crippen molar-refractivity contribution in [1.29, 1.82) is 0 Å². The number of carbonyl (C=O) groups is 1. The van der Waals surface area contributed by atoms with Crippen molar-refractivity contribution in [1.82, 2.24) is 14.5 Å². The number of carbonyl (C=O) groups excluding carboxylic acids is 1. The summed E-state index contributed by atoms with van der Waals surface area (Å²) in [6, 6.07) is 14.4. The third kappa shape index (κ3) is 5.88. The van der Waals surface area contributed by atoms with Crippen molar-refractivity contribution in [2.75, 3.05) is 25.5 Å². The van der Waals surface area contributed by atoms with Crippen LogP contribution in [0.3, 0.4) is 0 Å². The first-order valence-electron chi connectivity index (χ1n) is 11.6. The van der Waals surface area contributed by atoms with Gasteiger partial charge in [0.1, 0.15) is 5.75 Å². The molecule has 3 aromatic rings. The van der Waals surface area contributed by atoms with E-state index in [2.05, 4.69) is 41.5 Å². The Balaban J connectivity index is 1.37. The van der Waals surface area contributed by atoms with E-state index in [0.29, 0.717) is 43.4 Å². The van der Waals surface area contributed by atoms with E-state index < -0.39 is 15.9 Å². The van der Waals surface area contributed by atoms with E-state index in [9.17, 15) is 13.2 Å². The fourth-order valence-electron chi connectivity index (χ4n) is 4.05. The van der Waals surface area contributed by atoms with Gasteiger partial charge in [-0.2, -0.15) is 4.31 Å². The van der Waals surface area contributed by atoms with Gasteiger partial charge in [-0.25, -0.2) is 8.42 Å². The monoisotopic (exact) mass is 498 g/mol. The largest absolute Gasteiger partial charge is 0.497 e. The molecule has 1 fully saturated rings. The van der Waals surface area contributed by atoms with E-state index in [1.807, 2.05) is 12.1 Å². The van der Waals surface area contributed by atoms with Crippen molar-refractivity contribution >= 4 is 21.9 Å². The average Bonchev–Trinajstić information content (AvgIpc) is 3.31. The molecule has 1 amide bonds. The van der Waals surface area contributed by atoms with E-state index in [4.69, 9.17) is 9.15 Å². The summed E-state index contributed by atoms with van der Waals surface area (Å²) in [6.07, 6.45) is 1.61. The van der Waals surface area contributed by atoms with Crippen LogP contribution in [-0.2, 0) is 21.2 Å². The predicted octanol–water partition coefficient (Wildman–Crippen LogP) is 3.83. The van der Waals surface area contributed by atoms with E-state index in [0.717, 1.165) is 5.56 Å². The molecule has 1 atom stereocenters. The Bertz CT molecular complexity index is 1250. The molecule has 1 saturated heterocycles. The molecular weight excluding hydrogens is 468 g/mol. The molecule has 0 bridgehead atoms. The first kappa shape index (κ1) is 24.9. The molecule has 9 nitrogen and oxygen atoms in total. The third-order valence-corrected chi connectivity index (χ3v) is 8.03. The normalized spacial score (nSPS) is 16.9. The molecule has 0 radical (unpaired) electrons. The van der Waals surface area contributed by atoms with Gasteiger partial charge in [-0.3, -0.25) is 10.1 Å². The van der Waals surface area contributed by atoms with Crippen LogP contribution >= 0.6 is 0 Å². The Morgan fingerprint density at radius 1 is 1.14 bits per heavy atom. The summed E-state index contributed by atoms with van der Waals surface area (Å²) in [5.41, 5.74) is 2.28. The number of aromatic nitrogens is 2. The second-order valence-corrected chi connectivity index (χ2v) is 10.9. The predicted molar refractivity (Wildman–Crippen MR) is 131 cm³/mol. The zero-order chi connectivity index (χ0) is 25.0. The smallest absolute Gasteiger partial charge is 0.322 e. The zero-order valence-corrected chi connectivity index (χ0v) is 20.9. The highest BCUT2D eigenvalue weighted by Gasteiger charge is 2.33. The molecule has 1 aromatic heterocycles. The minimum absolute atomic E-state index is 0.0129. The van der Waals surface area contributed by atoms with E-state index in [1.54, 1.807) is 12.1 Å². The van der Waals surface area contributed by atoms with Gasteiger partial charge in [-0.15, -0.1) is 5.10 Å². The van der Waals surface area contributed by atoms with Gasteiger partial charge in [0.15, 0.2) is 0 Å². The van der Waals surface area contributed by atoms with Gasteiger partial charge in [0.2, 0.25) is 21.8 Å². The molecule has 1 aliphatic rings. The highest BCUT2D eigenvalue weighted by molar-refractivity contribution is 7.89. The van der Waals surface area contributed by atoms with E-state index in [-0.39, 0.29) is 23.4 Å². The van der Waals surface area contributed by atoms with Crippen LogP contribution in [0.1, 0.15) is 49.6 Å². The number of anilines is 1. The van der Waals surface area contributed by atoms with Crippen molar-refractivity contribution in [3.8, 4) is 5.75 Å². The van der Waals surface area contributed by atoms with Crippen LogP contribution in [0.15, 0.2) is 57.8 Å². The fourth-order valence-corrected chi connectivity index (χ4v) is 5.57. The fraction of sp³-hybridized carbons (Fsp3) is 0.400. The Morgan fingerprint density at radius 3 is 2.51 bits per heavy atom. The van der Waals surface area contributed by atoms with Gasteiger partial charge >= 0.3 is 6.01 Å². The molecule has 2 heterocycles. The number of sulfonamides is 1. The standard InChI is InChI=1S/C25H30N4O5S/c1-17(2)19-8-6-18(7-9-19)15-23-27-28-25(34-23)26-24(30)20-5-4-14-29(16-20)35(31,32)22-12-10-21(33-3)11-13-22/h6-13,17,20H,4-5,14-16H2,1-3H3,(H,26,28,30). The van der Waals surface area contributed by atoms with Gasteiger partial charge in [0.25, 0.3) is 0 Å². The summed E-state index contributed by atoms with van der Waals surface area (Å²) in [4.78, 5) is 13.0. The maximum atomic E-state index is 13.1. The summed E-state index contributed by atoms with van der Waals surface area (Å²) in [7, 11) is -2.20. The number of rotatable bonds is 8. The minimum atomic E-state index is -3.72. The van der Waals surface area contributed by atoms with Gasteiger partial charge in [0, 0.05) is 13.1 Å². The lowest BCUT2D eigenvalue weighted by Crippen LogP contribution is -2.43. The van der Waals surface area contributed by atoms with Crippen LogP contribution in [-0.4, -0.2) is 49.0 Å². The summed E-state index contributed by atoms with van der Waals surface area (Å²) >= 11 is 0. The van der Waals surface area contributed by atoms with Crippen molar-refractivity contribution in [2.24, 2.45) is 5.92 Å². The number of nitrogens with one attached hydrogen (secondary N) is 1. The Labute approximate surface area is 205 Å². The summed E-state index contributed by atoms with van der Waals surface area (Å²) in [5.74, 6) is 0.569. The highest BCUT2D eigenvalue weighted by Crippen LogP contribution is 2.26. The highest BCUT2D eigenvalue weighted by atomic mass is 32.2. The lowest BCUT2D eigenvalue weighted by atomic mass is 9.99. The summed E-state index contributed by atoms with van der Waals surface area (Å²) in [6.45, 7) is 4.73. The minimum Gasteiger partial charge on any atom is -0.497 e. The third-order valence-electron chi connectivity index (χ3n) is 6.15. The molecule has 10 heteroatoms. The number of benzene rings is 2. The topological polar surface area (TPSA) is 115 Å². The number of hydrogen-bond donors (Lipinski definition) is 1. The second-order valence-electron chi connectivity index (χ2n) is 8.94. The molecular formula is C25H30N4O5S. The zero-order valence-electron chi connectivity index (χ0n) is 20.1. The number of piperidine rings is 1. The van der Waals surface area contributed by atoms with Gasteiger partial charge in [-0.1, -0.05) is 43.2 Å². The summed E-state index contributed by atoms with van der Waals surface area (Å²) < 4.78 is 38.2. The first-order chi connectivity index (χ1) is 16.8. The van der Waals surface area contributed by atoms with Gasteiger partial charge in [0.05, 0.1) is 24.3 Å². The number of methoxy groups -OCH3 is 1. The second kappa shape index (κ2) is 10.6. The number of hydrogen-bond acceptors (Lipinski definition) is 7. The number of amides is 1. The Morgan fingerprint density at radius 2 is 1.86 bits per heavy atom. The van der Waals surface area contributed by atoms with Crippen LogP contribution in [0.5, 0.6) is 5.75 Å². The van der Waals surface area contributed by atoms with Crippen molar-refractivity contribution in [3.63, 3.8) is 0 Å². The van der Waals surface area contributed by atoms with E-state index >= 15 is 0 Å². The SMILES string of the molecule is COc1ccc(S(=O)(=O)N2CCCC(C(=O)Nc3nnc(Cc4ccc(C(C)C)cc4)o3)C2)cc1. The molecule has 1 aliphatic heterocycles. The van der Waals surface area contributed by atoms with Crippen molar-refractivity contribution in [3.05, 3.63) is 65.5 Å². The molecule has 1 unspecified atom stereocenters. The molecule has 0 saturated carbocycles. The average molecular weight is 499 g/mol. The molecule has 2 aromatic carbocycles. The first-order valence-corrected chi connectivity index (χ1v) is 13.1. The Kier molecular flexibility index (Phi) is 7.51. The van der Waals surface area contributed by atoms with Crippen LogP contribution in [0.4, 0.5) is 6.01 Å². The summed E-state index contributed by atoms with van der Waals surface area (Å²) in [5, 5.41) is 10.6. The number of nitrogens with zero attached hydrogens (tertiary/aromatic N) is 3. The molecule has 4 rings (SSSR count). The quantitative estimate of drug-likeness (QED) is 0.502. The molecule has 35 heavy (non-hydrogen) atoms.